The number of hydrogen-bond donors (Lipinski definition) is 0. The number of nitro benzene ring substituents is 1. The predicted molar refractivity (Wildman–Crippen MR) is 104 cm³/mol. The van der Waals surface area contributed by atoms with Gasteiger partial charge in [-0.1, -0.05) is 46.5 Å². The van der Waals surface area contributed by atoms with E-state index >= 15 is 0 Å². The van der Waals surface area contributed by atoms with E-state index in [2.05, 4.69) is 33.6 Å². The van der Waals surface area contributed by atoms with Crippen LogP contribution in [-0.2, 0) is 0 Å². The second kappa shape index (κ2) is 12.8. The van der Waals surface area contributed by atoms with Gasteiger partial charge in [0.1, 0.15) is 5.75 Å². The van der Waals surface area contributed by atoms with Crippen molar-refractivity contribution in [3.05, 3.63) is 34.4 Å². The maximum absolute atomic E-state index is 12.1. The van der Waals surface area contributed by atoms with Crippen molar-refractivity contribution < 1.29 is 14.5 Å². The lowest BCUT2D eigenvalue weighted by molar-refractivity contribution is -0.384. The van der Waals surface area contributed by atoms with Crippen LogP contribution in [0.2, 0.25) is 0 Å². The molecule has 2 atom stereocenters. The number of amides is 1. The van der Waals surface area contributed by atoms with Gasteiger partial charge in [0.2, 0.25) is 0 Å². The van der Waals surface area contributed by atoms with Gasteiger partial charge in [0.25, 0.3) is 5.69 Å². The van der Waals surface area contributed by atoms with E-state index in [1.54, 1.807) is 0 Å². The first-order valence-electron chi connectivity index (χ1n) is 9.06. The zero-order chi connectivity index (χ0) is 20.1. The number of carbonyl (C=O) groups excluding carboxylic acids is 1. The van der Waals surface area contributed by atoms with Gasteiger partial charge in [0.15, 0.2) is 0 Å². The van der Waals surface area contributed by atoms with E-state index in [0.29, 0.717) is 0 Å². The van der Waals surface area contributed by atoms with Crippen LogP contribution in [-0.4, -0.2) is 28.0 Å². The van der Waals surface area contributed by atoms with Crippen LogP contribution in [0.25, 0.3) is 0 Å². The van der Waals surface area contributed by atoms with Gasteiger partial charge in [0.05, 0.1) is 11.0 Å². The van der Waals surface area contributed by atoms with Crippen molar-refractivity contribution in [1.29, 1.82) is 0 Å². The number of likely N-dealkylation sites (tertiary alicyclic amines) is 1. The Labute approximate surface area is 156 Å². The van der Waals surface area contributed by atoms with Gasteiger partial charge < -0.3 is 4.74 Å². The van der Waals surface area contributed by atoms with Crippen LogP contribution in [0.3, 0.4) is 0 Å². The lowest BCUT2D eigenvalue weighted by atomic mass is 10.2. The molecule has 0 aromatic heterocycles. The summed E-state index contributed by atoms with van der Waals surface area (Å²) in [5, 5.41) is 10.5. The van der Waals surface area contributed by atoms with Crippen molar-refractivity contribution in [1.82, 2.24) is 4.90 Å². The van der Waals surface area contributed by atoms with E-state index in [-0.39, 0.29) is 23.5 Å². The Morgan fingerprint density at radius 3 is 2.15 bits per heavy atom. The largest absolute Gasteiger partial charge is 0.416 e. The molecule has 1 aromatic rings. The Morgan fingerprint density at radius 2 is 1.73 bits per heavy atom. The van der Waals surface area contributed by atoms with E-state index in [0.717, 1.165) is 12.8 Å². The minimum atomic E-state index is -0.521. The van der Waals surface area contributed by atoms with E-state index in [4.69, 9.17) is 11.2 Å². The van der Waals surface area contributed by atoms with E-state index < -0.39 is 11.0 Å². The molecule has 1 amide bonds. The number of hydrogen-bond acceptors (Lipinski definition) is 4. The molecule has 1 heterocycles. The van der Waals surface area contributed by atoms with Gasteiger partial charge in [-0.3, -0.25) is 15.0 Å². The quantitative estimate of drug-likeness (QED) is 0.400. The molecular formula is C20H30N2O4. The number of rotatable bonds is 2. The van der Waals surface area contributed by atoms with Crippen molar-refractivity contribution in [3.63, 3.8) is 0 Å². The molecule has 1 saturated heterocycles. The second-order valence-electron chi connectivity index (χ2n) is 6.05. The summed E-state index contributed by atoms with van der Waals surface area (Å²) < 4.78 is 5.20. The highest BCUT2D eigenvalue weighted by Crippen LogP contribution is 2.25. The molecule has 0 bridgehead atoms. The van der Waals surface area contributed by atoms with Gasteiger partial charge >= 0.3 is 6.09 Å². The smallest absolute Gasteiger partial charge is 0.410 e. The molecule has 0 saturated carbocycles. The molecule has 26 heavy (non-hydrogen) atoms. The Bertz CT molecular complexity index is 591. The number of nitrogens with zero attached hydrogens (tertiary/aromatic N) is 2. The van der Waals surface area contributed by atoms with Crippen LogP contribution in [0.1, 0.15) is 60.3 Å². The summed E-state index contributed by atoms with van der Waals surface area (Å²) in [5.41, 5.74) is -0.0548. The summed E-state index contributed by atoms with van der Waals surface area (Å²) in [4.78, 5) is 23.6. The van der Waals surface area contributed by atoms with Crippen molar-refractivity contribution in [2.75, 3.05) is 0 Å². The summed E-state index contributed by atoms with van der Waals surface area (Å²) >= 11 is 0. The maximum Gasteiger partial charge on any atom is 0.416 e. The highest BCUT2D eigenvalue weighted by atomic mass is 16.6. The molecule has 1 aliphatic rings. The molecule has 2 rings (SSSR count). The summed E-state index contributed by atoms with van der Waals surface area (Å²) in [7, 11) is 0. The van der Waals surface area contributed by atoms with Gasteiger partial charge in [-0.15, -0.1) is 6.42 Å². The zero-order valence-corrected chi connectivity index (χ0v) is 16.4. The van der Waals surface area contributed by atoms with Crippen molar-refractivity contribution in [3.8, 4) is 18.1 Å². The first kappa shape index (κ1) is 23.4. The first-order valence-corrected chi connectivity index (χ1v) is 9.06. The number of terminal acetylenes is 1. The van der Waals surface area contributed by atoms with Crippen molar-refractivity contribution in [2.45, 2.75) is 72.4 Å². The van der Waals surface area contributed by atoms with Gasteiger partial charge in [0, 0.05) is 18.2 Å². The topological polar surface area (TPSA) is 72.7 Å². The molecule has 1 unspecified atom stereocenters. The average Bonchev–Trinajstić information content (AvgIpc) is 2.97. The predicted octanol–water partition coefficient (Wildman–Crippen LogP) is 5.41. The van der Waals surface area contributed by atoms with Crippen LogP contribution in [0, 0.1) is 22.5 Å². The number of carbonyl (C=O) groups is 1. The van der Waals surface area contributed by atoms with E-state index in [9.17, 15) is 14.9 Å². The average molecular weight is 362 g/mol. The summed E-state index contributed by atoms with van der Waals surface area (Å²) in [6, 6.07) is 5.13. The highest BCUT2D eigenvalue weighted by molar-refractivity contribution is 5.72. The molecule has 0 N–H and O–H groups in total. The molecule has 0 radical (unpaired) electrons. The van der Waals surface area contributed by atoms with Crippen LogP contribution >= 0.6 is 0 Å². The standard InChI is InChI=1S/C14H14N2O4.2C3H8/c1-3-11-5-4-10(2)15(11)14(17)20-13-8-6-12(7-9-13)16(18)19;2*1-3-2/h1,6-11H,4-5H2,2H3;2*3H2,1-2H3/t10-,11?;;/m1../s1. The van der Waals surface area contributed by atoms with Crippen molar-refractivity contribution >= 4 is 11.8 Å². The van der Waals surface area contributed by atoms with Gasteiger partial charge in [-0.2, -0.15) is 0 Å². The number of ether oxygens (including phenoxy) is 1. The Balaban J connectivity index is 0.000000918. The molecule has 144 valence electrons. The Hall–Kier alpha value is -2.55. The third-order valence-electron chi connectivity index (χ3n) is 3.32. The van der Waals surface area contributed by atoms with E-state index in [1.807, 2.05) is 6.92 Å². The lowest BCUT2D eigenvalue weighted by Gasteiger charge is -2.24. The third kappa shape index (κ3) is 7.56. The van der Waals surface area contributed by atoms with Crippen LogP contribution in [0.4, 0.5) is 10.5 Å². The monoisotopic (exact) mass is 362 g/mol. The summed E-state index contributed by atoms with van der Waals surface area (Å²) in [6.07, 6.45) is 8.97. The van der Waals surface area contributed by atoms with Gasteiger partial charge in [-0.25, -0.2) is 4.79 Å². The minimum Gasteiger partial charge on any atom is -0.410 e. The van der Waals surface area contributed by atoms with Crippen LogP contribution in [0.15, 0.2) is 24.3 Å². The fraction of sp³-hybridized carbons (Fsp3) is 0.550. The first-order chi connectivity index (χ1) is 12.4. The maximum atomic E-state index is 12.1. The summed E-state index contributed by atoms with van der Waals surface area (Å²) in [6.45, 7) is 10.4. The zero-order valence-electron chi connectivity index (χ0n) is 16.4. The Kier molecular flexibility index (Phi) is 11.5. The fourth-order valence-electron chi connectivity index (χ4n) is 2.24. The molecule has 0 spiro atoms. The molecule has 1 fully saturated rings. The van der Waals surface area contributed by atoms with E-state index in [1.165, 1.54) is 42.0 Å². The number of benzene rings is 1. The highest BCUT2D eigenvalue weighted by Gasteiger charge is 2.34. The third-order valence-corrected chi connectivity index (χ3v) is 3.32. The number of non-ortho nitro benzene ring substituents is 1. The summed E-state index contributed by atoms with van der Waals surface area (Å²) in [5.74, 6) is 2.83. The molecule has 0 aliphatic carbocycles. The Morgan fingerprint density at radius 1 is 1.23 bits per heavy atom. The lowest BCUT2D eigenvalue weighted by Crippen LogP contribution is -2.41. The van der Waals surface area contributed by atoms with Crippen molar-refractivity contribution in [2.24, 2.45) is 0 Å². The molecule has 6 nitrogen and oxygen atoms in total. The molecular weight excluding hydrogens is 332 g/mol. The number of nitro groups is 1. The van der Waals surface area contributed by atoms with Crippen LogP contribution < -0.4 is 4.74 Å². The van der Waals surface area contributed by atoms with Gasteiger partial charge in [-0.05, 0) is 31.9 Å². The minimum absolute atomic E-state index is 0.0293. The normalized spacial score (nSPS) is 17.8. The SMILES string of the molecule is C#CC1CC[C@@H](C)N1C(=O)Oc1ccc([N+](=O)[O-])cc1.CCC.CCC. The second-order valence-corrected chi connectivity index (χ2v) is 6.05. The molecule has 6 heteroatoms. The van der Waals surface area contributed by atoms with Crippen LogP contribution in [0.5, 0.6) is 5.75 Å². The molecule has 1 aromatic carbocycles. The fourth-order valence-corrected chi connectivity index (χ4v) is 2.24. The molecule has 1 aliphatic heterocycles.